The molecule has 1 aromatic carbocycles. The van der Waals surface area contributed by atoms with Gasteiger partial charge in [0.25, 0.3) is 0 Å². The Morgan fingerprint density at radius 2 is 1.89 bits per heavy atom. The van der Waals surface area contributed by atoms with E-state index in [0.717, 1.165) is 43.5 Å². The Kier molecular flexibility index (Phi) is 3.48. The molecule has 2 fully saturated rings. The first-order valence-electron chi connectivity index (χ1n) is 9.35. The molecule has 1 aliphatic heterocycles. The predicted molar refractivity (Wildman–Crippen MR) is 96.0 cm³/mol. The number of nitrogens with zero attached hydrogens (tertiary/aromatic N) is 3. The molecule has 138 valence electrons. The Labute approximate surface area is 155 Å². The topological polar surface area (TPSA) is 46.1 Å². The maximum Gasteiger partial charge on any atom is 0.239 e. The molecule has 27 heavy (non-hydrogen) atoms. The summed E-state index contributed by atoms with van der Waals surface area (Å²) in [6, 6.07) is 5.42. The van der Waals surface area contributed by atoms with Crippen LogP contribution in [-0.2, 0) is 10.2 Å². The van der Waals surface area contributed by atoms with Gasteiger partial charge in [0.1, 0.15) is 17.0 Å². The van der Waals surface area contributed by atoms with Crippen LogP contribution in [0.15, 0.2) is 36.4 Å². The minimum atomic E-state index is -0.816. The second-order valence-corrected chi connectivity index (χ2v) is 7.65. The van der Waals surface area contributed by atoms with E-state index in [4.69, 9.17) is 0 Å². The fourth-order valence-corrected chi connectivity index (χ4v) is 5.01. The average molecular weight is 367 g/mol. The Morgan fingerprint density at radius 3 is 2.59 bits per heavy atom. The lowest BCUT2D eigenvalue weighted by atomic mass is 9.80. The molecule has 2 heterocycles. The van der Waals surface area contributed by atoms with Crippen molar-refractivity contribution in [3.8, 4) is 11.3 Å². The van der Waals surface area contributed by atoms with Gasteiger partial charge in [-0.25, -0.2) is 8.78 Å². The molecular weight excluding hydrogens is 348 g/mol. The number of carbonyl (C=O) groups is 1. The van der Waals surface area contributed by atoms with Gasteiger partial charge in [0.2, 0.25) is 5.91 Å². The number of rotatable bonds is 2. The van der Waals surface area contributed by atoms with Crippen molar-refractivity contribution in [2.45, 2.75) is 37.0 Å². The average Bonchev–Trinajstić information content (AvgIpc) is 3.35. The van der Waals surface area contributed by atoms with Crippen LogP contribution in [0.3, 0.4) is 0 Å². The number of hydrogen-bond donors (Lipinski definition) is 0. The van der Waals surface area contributed by atoms with Crippen molar-refractivity contribution in [1.29, 1.82) is 0 Å². The molecule has 2 aliphatic carbocycles. The zero-order valence-electron chi connectivity index (χ0n) is 14.8. The quantitative estimate of drug-likeness (QED) is 0.760. The standard InChI is InChI=1S/C21H19F2N3O/c1-12-13-7-8-21(12,20(27)26-9-2-3-10-26)19-14(13)11-17(24-25-19)18-15(22)5-4-6-16(18)23/h4-6,11,13H,1-3,7-10H2/t13-,21-/m0/s1. The van der Waals surface area contributed by atoms with Crippen molar-refractivity contribution in [1.82, 2.24) is 15.1 Å². The number of likely N-dealkylation sites (tertiary alicyclic amines) is 1. The number of fused-ring (bicyclic) bond motifs is 5. The van der Waals surface area contributed by atoms with E-state index in [1.165, 1.54) is 18.2 Å². The Morgan fingerprint density at radius 1 is 1.19 bits per heavy atom. The molecule has 0 unspecified atom stereocenters. The number of aromatic nitrogens is 2. The lowest BCUT2D eigenvalue weighted by Crippen LogP contribution is -2.45. The van der Waals surface area contributed by atoms with Crippen molar-refractivity contribution >= 4 is 5.91 Å². The number of hydrogen-bond acceptors (Lipinski definition) is 3. The largest absolute Gasteiger partial charge is 0.342 e. The van der Waals surface area contributed by atoms with Gasteiger partial charge < -0.3 is 4.90 Å². The highest BCUT2D eigenvalue weighted by atomic mass is 19.1. The van der Waals surface area contributed by atoms with Crippen molar-refractivity contribution in [2.75, 3.05) is 13.1 Å². The maximum absolute atomic E-state index is 14.2. The van der Waals surface area contributed by atoms with Gasteiger partial charge in [0.15, 0.2) is 0 Å². The fourth-order valence-electron chi connectivity index (χ4n) is 5.01. The summed E-state index contributed by atoms with van der Waals surface area (Å²) >= 11 is 0. The normalized spacial score (nSPS) is 25.9. The molecular formula is C21H19F2N3O. The first-order valence-corrected chi connectivity index (χ1v) is 9.35. The van der Waals surface area contributed by atoms with Crippen LogP contribution in [0.5, 0.6) is 0 Å². The van der Waals surface area contributed by atoms with Crippen LogP contribution in [0.2, 0.25) is 0 Å². The molecule has 4 nitrogen and oxygen atoms in total. The van der Waals surface area contributed by atoms with Crippen molar-refractivity contribution in [2.24, 2.45) is 0 Å². The molecule has 6 heteroatoms. The van der Waals surface area contributed by atoms with Gasteiger partial charge in [-0.15, -0.1) is 5.10 Å². The highest BCUT2D eigenvalue weighted by molar-refractivity contribution is 5.95. The van der Waals surface area contributed by atoms with E-state index in [2.05, 4.69) is 16.8 Å². The van der Waals surface area contributed by atoms with Gasteiger partial charge in [-0.2, -0.15) is 5.10 Å². The zero-order chi connectivity index (χ0) is 18.8. The third-order valence-electron chi connectivity index (χ3n) is 6.36. The van der Waals surface area contributed by atoms with Gasteiger partial charge in [0, 0.05) is 19.0 Å². The summed E-state index contributed by atoms with van der Waals surface area (Å²) in [6.07, 6.45) is 3.51. The van der Waals surface area contributed by atoms with Gasteiger partial charge in [-0.05, 0) is 55.0 Å². The molecule has 1 saturated heterocycles. The molecule has 2 aromatic rings. The van der Waals surface area contributed by atoms with E-state index in [-0.39, 0.29) is 23.1 Å². The lowest BCUT2D eigenvalue weighted by molar-refractivity contribution is -0.134. The van der Waals surface area contributed by atoms with E-state index in [1.807, 2.05) is 4.90 Å². The van der Waals surface area contributed by atoms with Crippen LogP contribution in [0.4, 0.5) is 8.78 Å². The third kappa shape index (κ3) is 2.10. The van der Waals surface area contributed by atoms with Crippen LogP contribution >= 0.6 is 0 Å². The van der Waals surface area contributed by atoms with E-state index < -0.39 is 17.0 Å². The minimum Gasteiger partial charge on any atom is -0.342 e. The van der Waals surface area contributed by atoms with Crippen molar-refractivity contribution in [3.63, 3.8) is 0 Å². The number of benzene rings is 1. The van der Waals surface area contributed by atoms with Gasteiger partial charge >= 0.3 is 0 Å². The molecule has 5 rings (SSSR count). The highest BCUT2D eigenvalue weighted by Gasteiger charge is 2.59. The molecule has 2 bridgehead atoms. The molecule has 1 aromatic heterocycles. The number of halogens is 2. The van der Waals surface area contributed by atoms with Gasteiger partial charge in [-0.1, -0.05) is 12.6 Å². The van der Waals surface area contributed by atoms with E-state index in [0.29, 0.717) is 12.1 Å². The van der Waals surface area contributed by atoms with Crippen LogP contribution < -0.4 is 0 Å². The van der Waals surface area contributed by atoms with Crippen LogP contribution in [0.1, 0.15) is 42.9 Å². The summed E-state index contributed by atoms with van der Waals surface area (Å²) in [4.78, 5) is 15.2. The Bertz CT molecular complexity index is 963. The summed E-state index contributed by atoms with van der Waals surface area (Å²) in [7, 11) is 0. The second-order valence-electron chi connectivity index (χ2n) is 7.65. The summed E-state index contributed by atoms with van der Waals surface area (Å²) in [5, 5.41) is 8.43. The SMILES string of the molecule is C=C1[C@@H]2CC[C@@]1(C(=O)N1CCCC1)c1nnc(-c3c(F)cccc3F)cc12. The number of amides is 1. The van der Waals surface area contributed by atoms with Crippen molar-refractivity contribution < 1.29 is 13.6 Å². The number of carbonyl (C=O) groups excluding carboxylic acids is 1. The highest BCUT2D eigenvalue weighted by Crippen LogP contribution is 2.60. The second kappa shape index (κ2) is 5.68. The first-order chi connectivity index (χ1) is 13.0. The van der Waals surface area contributed by atoms with E-state index in [1.54, 1.807) is 6.07 Å². The molecule has 0 spiro atoms. The van der Waals surface area contributed by atoms with E-state index in [9.17, 15) is 13.6 Å². The predicted octanol–water partition coefficient (Wildman–Crippen LogP) is 3.73. The van der Waals surface area contributed by atoms with Gasteiger partial charge in [0.05, 0.1) is 17.0 Å². The summed E-state index contributed by atoms with van der Waals surface area (Å²) < 4.78 is 28.3. The van der Waals surface area contributed by atoms with Crippen LogP contribution in [-0.4, -0.2) is 34.1 Å². The summed E-state index contributed by atoms with van der Waals surface area (Å²) in [5.74, 6) is -1.29. The summed E-state index contributed by atoms with van der Waals surface area (Å²) in [5.41, 5.74) is 1.49. The smallest absolute Gasteiger partial charge is 0.239 e. The first kappa shape index (κ1) is 16.5. The fraction of sp³-hybridized carbons (Fsp3) is 0.381. The molecule has 3 aliphatic rings. The Balaban J connectivity index is 1.63. The van der Waals surface area contributed by atoms with E-state index >= 15 is 0 Å². The monoisotopic (exact) mass is 367 g/mol. The summed E-state index contributed by atoms with van der Waals surface area (Å²) in [6.45, 7) is 5.76. The minimum absolute atomic E-state index is 0.00404. The maximum atomic E-state index is 14.2. The van der Waals surface area contributed by atoms with Crippen LogP contribution in [0, 0.1) is 11.6 Å². The Hall–Kier alpha value is -2.63. The van der Waals surface area contributed by atoms with Crippen molar-refractivity contribution in [3.05, 3.63) is 59.3 Å². The molecule has 0 radical (unpaired) electrons. The molecule has 1 saturated carbocycles. The molecule has 1 amide bonds. The lowest BCUT2D eigenvalue weighted by Gasteiger charge is -2.31. The zero-order valence-corrected chi connectivity index (χ0v) is 14.8. The molecule has 0 N–H and O–H groups in total. The van der Waals surface area contributed by atoms with Gasteiger partial charge in [-0.3, -0.25) is 4.79 Å². The third-order valence-corrected chi connectivity index (χ3v) is 6.36. The van der Waals surface area contributed by atoms with Crippen LogP contribution in [0.25, 0.3) is 11.3 Å². The molecule has 2 atom stereocenters.